The Morgan fingerprint density at radius 3 is 2.48 bits per heavy atom. The Morgan fingerprint density at radius 1 is 1.38 bits per heavy atom. The van der Waals surface area contributed by atoms with Crippen LogP contribution < -0.4 is 10.5 Å². The third-order valence-corrected chi connectivity index (χ3v) is 4.39. The maximum Gasteiger partial charge on any atom is 0.242 e. The molecule has 0 radical (unpaired) electrons. The van der Waals surface area contributed by atoms with E-state index in [-0.39, 0.29) is 16.0 Å². The summed E-state index contributed by atoms with van der Waals surface area (Å²) in [5.41, 5.74) is 5.92. The number of hydrogen-bond acceptors (Lipinski definition) is 5. The van der Waals surface area contributed by atoms with Crippen molar-refractivity contribution in [1.82, 2.24) is 9.62 Å². The summed E-state index contributed by atoms with van der Waals surface area (Å²) >= 11 is 0. The van der Waals surface area contributed by atoms with E-state index in [1.54, 1.807) is 0 Å². The first-order valence-corrected chi connectivity index (χ1v) is 8.00. The van der Waals surface area contributed by atoms with Gasteiger partial charge in [-0.3, -0.25) is 0 Å². The Balaban J connectivity index is 2.91. The van der Waals surface area contributed by atoms with Crippen LogP contribution in [-0.2, 0) is 10.0 Å². The number of anilines is 1. The summed E-state index contributed by atoms with van der Waals surface area (Å²) in [4.78, 5) is 2.01. The van der Waals surface area contributed by atoms with Gasteiger partial charge in [-0.1, -0.05) is 13.8 Å². The van der Waals surface area contributed by atoms with Crippen LogP contribution in [0, 0.1) is 16.7 Å². The molecular weight excluding hydrogens is 288 g/mol. The van der Waals surface area contributed by atoms with Crippen LogP contribution in [0.3, 0.4) is 0 Å². The largest absolute Gasteiger partial charge is 0.398 e. The van der Waals surface area contributed by atoms with Crippen molar-refractivity contribution >= 4 is 15.7 Å². The predicted octanol–water partition coefficient (Wildman–Crippen LogP) is 1.01. The van der Waals surface area contributed by atoms with Gasteiger partial charge in [0.1, 0.15) is 4.90 Å². The van der Waals surface area contributed by atoms with Crippen LogP contribution in [0.2, 0.25) is 0 Å². The molecule has 7 heteroatoms. The molecule has 21 heavy (non-hydrogen) atoms. The van der Waals surface area contributed by atoms with Crippen molar-refractivity contribution in [2.45, 2.75) is 18.7 Å². The van der Waals surface area contributed by atoms with Crippen LogP contribution in [0.5, 0.6) is 0 Å². The van der Waals surface area contributed by atoms with Crippen molar-refractivity contribution < 1.29 is 8.42 Å². The molecule has 0 atom stereocenters. The van der Waals surface area contributed by atoms with Crippen LogP contribution >= 0.6 is 0 Å². The van der Waals surface area contributed by atoms with Crippen LogP contribution in [-0.4, -0.2) is 40.5 Å². The molecule has 0 fully saturated rings. The molecule has 0 aliphatic rings. The lowest BCUT2D eigenvalue weighted by Crippen LogP contribution is -2.40. The summed E-state index contributed by atoms with van der Waals surface area (Å²) in [5, 5.41) is 8.77. The molecule has 1 rings (SSSR count). The number of nitrogens with two attached hydrogens (primary N) is 1. The number of rotatable bonds is 6. The number of nitrogens with zero attached hydrogens (tertiary/aromatic N) is 2. The molecule has 0 saturated heterocycles. The van der Waals surface area contributed by atoms with E-state index >= 15 is 0 Å². The summed E-state index contributed by atoms with van der Waals surface area (Å²) in [6.07, 6.45) is 0. The van der Waals surface area contributed by atoms with Gasteiger partial charge in [-0.05, 0) is 37.7 Å². The van der Waals surface area contributed by atoms with Crippen molar-refractivity contribution in [3.63, 3.8) is 0 Å². The standard InChI is InChI=1S/C14H22N4O2S/c1-14(2,10-18(3)4)9-17-21(19,20)13-6-5-11(8-15)7-12(13)16/h5-7,17H,9-10,16H2,1-4H3. The number of nitriles is 1. The maximum atomic E-state index is 12.3. The zero-order chi connectivity index (χ0) is 16.3. The lowest BCUT2D eigenvalue weighted by atomic mass is 9.93. The first-order chi connectivity index (χ1) is 9.57. The van der Waals surface area contributed by atoms with Crippen LogP contribution in [0.4, 0.5) is 5.69 Å². The zero-order valence-electron chi connectivity index (χ0n) is 12.8. The van der Waals surface area contributed by atoms with Gasteiger partial charge in [-0.25, -0.2) is 13.1 Å². The van der Waals surface area contributed by atoms with E-state index in [0.29, 0.717) is 12.1 Å². The molecule has 0 amide bonds. The Kier molecular flexibility index (Phi) is 5.34. The highest BCUT2D eigenvalue weighted by molar-refractivity contribution is 7.89. The summed E-state index contributed by atoms with van der Waals surface area (Å²) in [7, 11) is 0.191. The van der Waals surface area contributed by atoms with Crippen molar-refractivity contribution in [2.75, 3.05) is 32.9 Å². The second kappa shape index (κ2) is 6.43. The summed E-state index contributed by atoms with van der Waals surface area (Å²) in [6, 6.07) is 6.08. The fourth-order valence-electron chi connectivity index (χ4n) is 2.14. The smallest absolute Gasteiger partial charge is 0.242 e. The van der Waals surface area contributed by atoms with E-state index in [1.807, 2.05) is 38.9 Å². The summed E-state index contributed by atoms with van der Waals surface area (Å²) < 4.78 is 27.2. The van der Waals surface area contributed by atoms with Gasteiger partial charge < -0.3 is 10.6 Å². The maximum absolute atomic E-state index is 12.3. The van der Waals surface area contributed by atoms with Crippen molar-refractivity contribution in [3.8, 4) is 6.07 Å². The molecule has 0 aromatic heterocycles. The molecule has 1 aromatic carbocycles. The Hall–Kier alpha value is -1.62. The number of nitrogen functional groups attached to an aromatic ring is 1. The summed E-state index contributed by atoms with van der Waals surface area (Å²) in [5.74, 6) is 0. The van der Waals surface area contributed by atoms with Gasteiger partial charge in [0.2, 0.25) is 10.0 Å². The van der Waals surface area contributed by atoms with Crippen molar-refractivity contribution in [1.29, 1.82) is 5.26 Å². The van der Waals surface area contributed by atoms with Crippen LogP contribution in [0.15, 0.2) is 23.1 Å². The second-order valence-electron chi connectivity index (χ2n) is 6.09. The van der Waals surface area contributed by atoms with Crippen molar-refractivity contribution in [3.05, 3.63) is 23.8 Å². The lowest BCUT2D eigenvalue weighted by molar-refractivity contribution is 0.242. The van der Waals surface area contributed by atoms with Gasteiger partial charge in [0.05, 0.1) is 17.3 Å². The number of hydrogen-bond donors (Lipinski definition) is 2. The normalized spacial score (nSPS) is 12.4. The van der Waals surface area contributed by atoms with Gasteiger partial charge in [-0.2, -0.15) is 5.26 Å². The minimum Gasteiger partial charge on any atom is -0.398 e. The van der Waals surface area contributed by atoms with Gasteiger partial charge in [0.15, 0.2) is 0 Å². The van der Waals surface area contributed by atoms with Gasteiger partial charge in [-0.15, -0.1) is 0 Å². The van der Waals surface area contributed by atoms with Gasteiger partial charge in [0, 0.05) is 13.1 Å². The fourth-order valence-corrected chi connectivity index (χ4v) is 3.50. The quantitative estimate of drug-likeness (QED) is 0.764. The van der Waals surface area contributed by atoms with E-state index in [1.165, 1.54) is 18.2 Å². The number of nitrogens with one attached hydrogen (secondary N) is 1. The van der Waals surface area contributed by atoms with Gasteiger partial charge in [0.25, 0.3) is 0 Å². The van der Waals surface area contributed by atoms with Gasteiger partial charge >= 0.3 is 0 Å². The van der Waals surface area contributed by atoms with E-state index in [0.717, 1.165) is 6.54 Å². The van der Waals surface area contributed by atoms with Crippen LogP contribution in [0.1, 0.15) is 19.4 Å². The van der Waals surface area contributed by atoms with E-state index < -0.39 is 10.0 Å². The molecule has 1 aromatic rings. The minimum atomic E-state index is -3.69. The zero-order valence-corrected chi connectivity index (χ0v) is 13.7. The van der Waals surface area contributed by atoms with Crippen molar-refractivity contribution in [2.24, 2.45) is 5.41 Å². The highest BCUT2D eigenvalue weighted by Crippen LogP contribution is 2.21. The number of benzene rings is 1. The molecule has 0 spiro atoms. The Labute approximate surface area is 126 Å². The SMILES string of the molecule is CN(C)CC(C)(C)CNS(=O)(=O)c1ccc(C#N)cc1N. The Morgan fingerprint density at radius 2 is 2.00 bits per heavy atom. The average Bonchev–Trinajstić information content (AvgIpc) is 2.34. The third kappa shape index (κ3) is 5.01. The van der Waals surface area contributed by atoms with E-state index in [4.69, 9.17) is 11.0 Å². The molecule has 0 saturated carbocycles. The first-order valence-electron chi connectivity index (χ1n) is 6.51. The average molecular weight is 310 g/mol. The molecule has 0 heterocycles. The molecular formula is C14H22N4O2S. The Bertz CT molecular complexity index is 645. The molecule has 3 N–H and O–H groups in total. The number of sulfonamides is 1. The minimum absolute atomic E-state index is 0.00199. The molecule has 6 nitrogen and oxygen atoms in total. The second-order valence-corrected chi connectivity index (χ2v) is 7.83. The molecule has 0 aliphatic carbocycles. The fraction of sp³-hybridized carbons (Fsp3) is 0.500. The third-order valence-electron chi connectivity index (χ3n) is 2.91. The highest BCUT2D eigenvalue weighted by atomic mass is 32.2. The predicted molar refractivity (Wildman–Crippen MR) is 83.1 cm³/mol. The molecule has 0 unspecified atom stereocenters. The highest BCUT2D eigenvalue weighted by Gasteiger charge is 2.24. The van der Waals surface area contributed by atoms with E-state index in [2.05, 4.69) is 4.72 Å². The van der Waals surface area contributed by atoms with E-state index in [9.17, 15) is 8.42 Å². The monoisotopic (exact) mass is 310 g/mol. The molecule has 0 aliphatic heterocycles. The lowest BCUT2D eigenvalue weighted by Gasteiger charge is -2.28. The molecule has 116 valence electrons. The molecule has 0 bridgehead atoms. The topological polar surface area (TPSA) is 99.2 Å². The summed E-state index contributed by atoms with van der Waals surface area (Å²) in [6.45, 7) is 5.01. The van der Waals surface area contributed by atoms with Crippen LogP contribution in [0.25, 0.3) is 0 Å². The first kappa shape index (κ1) is 17.4.